The summed E-state index contributed by atoms with van der Waals surface area (Å²) in [6.07, 6.45) is 1.45. The standard InChI is InChI=1S/C19H30F3N5O2S.HI/c1-3-26(17-8-5-4-6-9-17)13-7-12-24-18(23-2)25-16-10-14-27(15-11-16)30(28,29)19(20,21)22;/h4-6,8-9,16H,3,7,10-15H2,1-2H3,(H2,23,24,25);1H. The molecule has 0 spiro atoms. The first kappa shape index (κ1) is 27.8. The van der Waals surface area contributed by atoms with Gasteiger partial charge in [0.2, 0.25) is 0 Å². The predicted octanol–water partition coefficient (Wildman–Crippen LogP) is 3.00. The van der Waals surface area contributed by atoms with E-state index in [0.717, 1.165) is 19.5 Å². The number of nitrogens with zero attached hydrogens (tertiary/aromatic N) is 3. The first-order valence-electron chi connectivity index (χ1n) is 10.0. The van der Waals surface area contributed by atoms with Crippen LogP contribution in [0.3, 0.4) is 0 Å². The molecule has 7 nitrogen and oxygen atoms in total. The molecule has 12 heteroatoms. The molecule has 1 saturated heterocycles. The zero-order valence-corrected chi connectivity index (χ0v) is 20.9. The van der Waals surface area contributed by atoms with Gasteiger partial charge in [0.25, 0.3) is 0 Å². The summed E-state index contributed by atoms with van der Waals surface area (Å²) < 4.78 is 61.5. The van der Waals surface area contributed by atoms with Crippen LogP contribution in [-0.2, 0) is 10.0 Å². The molecule has 1 aromatic carbocycles. The lowest BCUT2D eigenvalue weighted by Crippen LogP contribution is -2.51. The van der Waals surface area contributed by atoms with E-state index in [9.17, 15) is 21.6 Å². The number of rotatable bonds is 8. The molecule has 31 heavy (non-hydrogen) atoms. The molecule has 0 unspecified atom stereocenters. The summed E-state index contributed by atoms with van der Waals surface area (Å²) in [5.41, 5.74) is -4.08. The summed E-state index contributed by atoms with van der Waals surface area (Å²) in [7, 11) is -3.63. The molecule has 0 saturated carbocycles. The van der Waals surface area contributed by atoms with E-state index < -0.39 is 15.5 Å². The molecule has 1 aliphatic heterocycles. The third-order valence-electron chi connectivity index (χ3n) is 5.05. The Bertz CT molecular complexity index is 785. The van der Waals surface area contributed by atoms with Gasteiger partial charge in [-0.3, -0.25) is 4.99 Å². The van der Waals surface area contributed by atoms with Crippen LogP contribution >= 0.6 is 24.0 Å². The maximum absolute atomic E-state index is 12.7. The average molecular weight is 577 g/mol. The van der Waals surface area contributed by atoms with E-state index in [0.29, 0.717) is 16.8 Å². The summed E-state index contributed by atoms with van der Waals surface area (Å²) in [6, 6.07) is 10.0. The van der Waals surface area contributed by atoms with E-state index in [1.807, 2.05) is 18.2 Å². The average Bonchev–Trinajstić information content (AvgIpc) is 2.73. The number of para-hydroxylation sites is 1. The van der Waals surface area contributed by atoms with Crippen molar-refractivity contribution >= 4 is 45.6 Å². The van der Waals surface area contributed by atoms with E-state index in [1.54, 1.807) is 7.05 Å². The molecular formula is C19H31F3IN5O2S. The van der Waals surface area contributed by atoms with Gasteiger partial charge in [-0.2, -0.15) is 17.5 Å². The Kier molecular flexibility index (Phi) is 11.4. The van der Waals surface area contributed by atoms with Gasteiger partial charge in [0.15, 0.2) is 5.96 Å². The summed E-state index contributed by atoms with van der Waals surface area (Å²) >= 11 is 0. The number of piperidine rings is 1. The molecule has 2 N–H and O–H groups in total. The van der Waals surface area contributed by atoms with Gasteiger partial charge < -0.3 is 15.5 Å². The topological polar surface area (TPSA) is 77.0 Å². The van der Waals surface area contributed by atoms with E-state index in [1.165, 1.54) is 5.69 Å². The normalized spacial score (nSPS) is 16.5. The molecule has 0 radical (unpaired) electrons. The molecule has 0 aliphatic carbocycles. The Morgan fingerprint density at radius 1 is 1.23 bits per heavy atom. The van der Waals surface area contributed by atoms with Crippen molar-refractivity contribution < 1.29 is 21.6 Å². The minimum Gasteiger partial charge on any atom is -0.372 e. The van der Waals surface area contributed by atoms with Crippen molar-refractivity contribution in [3.8, 4) is 0 Å². The first-order chi connectivity index (χ1) is 14.2. The van der Waals surface area contributed by atoms with E-state index in [4.69, 9.17) is 0 Å². The van der Waals surface area contributed by atoms with Crippen molar-refractivity contribution in [3.05, 3.63) is 30.3 Å². The fourth-order valence-electron chi connectivity index (χ4n) is 3.36. The first-order valence-corrected chi connectivity index (χ1v) is 11.5. The molecule has 1 aromatic rings. The van der Waals surface area contributed by atoms with Crippen LogP contribution in [0.4, 0.5) is 18.9 Å². The SMILES string of the molecule is CCN(CCCNC(=NC)NC1CCN(S(=O)(=O)C(F)(F)F)CC1)c1ccccc1.I. The number of hydrogen-bond donors (Lipinski definition) is 2. The van der Waals surface area contributed by atoms with Gasteiger partial charge in [-0.05, 0) is 38.3 Å². The fourth-order valence-corrected chi connectivity index (χ4v) is 4.34. The number of alkyl halides is 3. The molecule has 2 rings (SSSR count). The molecule has 0 aromatic heterocycles. The molecule has 1 fully saturated rings. The molecule has 178 valence electrons. The Labute approximate surface area is 199 Å². The number of aliphatic imine (C=N–C) groups is 1. The van der Waals surface area contributed by atoms with Gasteiger partial charge in [-0.25, -0.2) is 8.42 Å². The molecule has 1 aliphatic rings. The van der Waals surface area contributed by atoms with Crippen molar-refractivity contribution in [2.24, 2.45) is 4.99 Å². The van der Waals surface area contributed by atoms with Crippen LogP contribution in [0.5, 0.6) is 0 Å². The number of sulfonamides is 1. The number of nitrogens with one attached hydrogen (secondary N) is 2. The minimum absolute atomic E-state index is 0. The van der Waals surface area contributed by atoms with E-state index >= 15 is 0 Å². The maximum Gasteiger partial charge on any atom is 0.511 e. The Balaban J connectivity index is 0.00000480. The lowest BCUT2D eigenvalue weighted by Gasteiger charge is -2.32. The number of halogens is 4. The van der Waals surface area contributed by atoms with Crippen molar-refractivity contribution in [1.29, 1.82) is 0 Å². The quantitative estimate of drug-likeness (QED) is 0.215. The van der Waals surface area contributed by atoms with E-state index in [-0.39, 0.29) is 55.9 Å². The van der Waals surface area contributed by atoms with Crippen molar-refractivity contribution in [3.63, 3.8) is 0 Å². The number of benzene rings is 1. The highest BCUT2D eigenvalue weighted by Gasteiger charge is 2.50. The fraction of sp³-hybridized carbons (Fsp3) is 0.632. The summed E-state index contributed by atoms with van der Waals surface area (Å²) in [5, 5.41) is 6.39. The molecule has 0 amide bonds. The Morgan fingerprint density at radius 2 is 1.84 bits per heavy atom. The van der Waals surface area contributed by atoms with Crippen LogP contribution in [0.2, 0.25) is 0 Å². The number of hydrogen-bond acceptors (Lipinski definition) is 4. The van der Waals surface area contributed by atoms with Crippen LogP contribution in [0.1, 0.15) is 26.2 Å². The summed E-state index contributed by atoms with van der Waals surface area (Å²) in [6.45, 7) is 4.23. The van der Waals surface area contributed by atoms with Crippen LogP contribution in [0.25, 0.3) is 0 Å². The summed E-state index contributed by atoms with van der Waals surface area (Å²) in [4.78, 5) is 6.43. The second kappa shape index (κ2) is 12.7. The minimum atomic E-state index is -5.25. The van der Waals surface area contributed by atoms with E-state index in [2.05, 4.69) is 39.6 Å². The van der Waals surface area contributed by atoms with Crippen molar-refractivity contribution in [2.75, 3.05) is 44.7 Å². The van der Waals surface area contributed by atoms with Crippen LogP contribution < -0.4 is 15.5 Å². The van der Waals surface area contributed by atoms with Crippen molar-refractivity contribution in [1.82, 2.24) is 14.9 Å². The molecule has 0 bridgehead atoms. The van der Waals surface area contributed by atoms with Gasteiger partial charge in [-0.15, -0.1) is 24.0 Å². The predicted molar refractivity (Wildman–Crippen MR) is 128 cm³/mol. The second-order valence-corrected chi connectivity index (χ2v) is 8.97. The Morgan fingerprint density at radius 3 is 2.35 bits per heavy atom. The maximum atomic E-state index is 12.7. The number of guanidine groups is 1. The zero-order valence-electron chi connectivity index (χ0n) is 17.7. The largest absolute Gasteiger partial charge is 0.511 e. The lowest BCUT2D eigenvalue weighted by molar-refractivity contribution is -0.0494. The van der Waals surface area contributed by atoms with Crippen LogP contribution in [-0.4, -0.2) is 70.0 Å². The highest BCUT2D eigenvalue weighted by Crippen LogP contribution is 2.28. The zero-order chi connectivity index (χ0) is 22.2. The van der Waals surface area contributed by atoms with Gasteiger partial charge in [0.05, 0.1) is 0 Å². The number of anilines is 1. The third kappa shape index (κ3) is 7.97. The smallest absolute Gasteiger partial charge is 0.372 e. The third-order valence-corrected chi connectivity index (χ3v) is 6.68. The van der Waals surface area contributed by atoms with Gasteiger partial charge in [0, 0.05) is 51.5 Å². The van der Waals surface area contributed by atoms with Crippen molar-refractivity contribution in [2.45, 2.75) is 37.7 Å². The van der Waals surface area contributed by atoms with Crippen LogP contribution in [0.15, 0.2) is 35.3 Å². The second-order valence-electron chi connectivity index (χ2n) is 7.04. The van der Waals surface area contributed by atoms with Gasteiger partial charge in [-0.1, -0.05) is 18.2 Å². The van der Waals surface area contributed by atoms with Crippen LogP contribution in [0, 0.1) is 0 Å². The monoisotopic (exact) mass is 577 g/mol. The molecular weight excluding hydrogens is 546 g/mol. The van der Waals surface area contributed by atoms with Gasteiger partial charge >= 0.3 is 15.5 Å². The van der Waals surface area contributed by atoms with Gasteiger partial charge in [0.1, 0.15) is 0 Å². The highest BCUT2D eigenvalue weighted by molar-refractivity contribution is 14.0. The molecule has 0 atom stereocenters. The summed E-state index contributed by atoms with van der Waals surface area (Å²) in [5.74, 6) is 0.565. The Hall–Kier alpha value is -1.28. The lowest BCUT2D eigenvalue weighted by atomic mass is 10.1. The molecule has 1 heterocycles. The highest BCUT2D eigenvalue weighted by atomic mass is 127.